The Morgan fingerprint density at radius 2 is 1.53 bits per heavy atom. The Morgan fingerprint density at radius 1 is 0.907 bits per heavy atom. The molecule has 230 valence electrons. The molecule has 3 aromatic carbocycles. The number of sulfonamides is 1. The molecule has 9 heteroatoms. The minimum atomic E-state index is -4.12. The van der Waals surface area contributed by atoms with E-state index in [9.17, 15) is 18.0 Å². The number of amides is 2. The molecule has 1 N–H and O–H groups in total. The monoisotopic (exact) mass is 623 g/mol. The number of nitrogens with zero attached hydrogens (tertiary/aromatic N) is 2. The number of carbonyl (C=O) groups is 2. The summed E-state index contributed by atoms with van der Waals surface area (Å²) in [5.41, 5.74) is 3.74. The Bertz CT molecular complexity index is 1520. The number of hydrogen-bond acceptors (Lipinski definition) is 4. The van der Waals surface area contributed by atoms with Crippen molar-refractivity contribution in [1.29, 1.82) is 0 Å². The van der Waals surface area contributed by atoms with E-state index in [-0.39, 0.29) is 23.4 Å². The van der Waals surface area contributed by atoms with Crippen molar-refractivity contribution >= 4 is 39.1 Å². The summed E-state index contributed by atoms with van der Waals surface area (Å²) in [4.78, 5) is 29.6. The first-order valence-electron chi connectivity index (χ1n) is 15.0. The molecule has 0 unspecified atom stereocenters. The van der Waals surface area contributed by atoms with Crippen LogP contribution in [0.4, 0.5) is 5.69 Å². The van der Waals surface area contributed by atoms with Crippen molar-refractivity contribution < 1.29 is 18.0 Å². The molecule has 1 aliphatic carbocycles. The van der Waals surface area contributed by atoms with E-state index in [1.54, 1.807) is 42.5 Å². The van der Waals surface area contributed by atoms with Crippen LogP contribution in [0.2, 0.25) is 5.02 Å². The van der Waals surface area contributed by atoms with Gasteiger partial charge in [0.15, 0.2) is 0 Å². The average molecular weight is 624 g/mol. The molecule has 2 amide bonds. The largest absolute Gasteiger partial charge is 0.352 e. The first kappa shape index (κ1) is 32.6. The Labute approximate surface area is 261 Å². The predicted octanol–water partition coefficient (Wildman–Crippen LogP) is 6.72. The zero-order chi connectivity index (χ0) is 31.1. The molecule has 0 radical (unpaired) electrons. The maximum atomic E-state index is 14.3. The van der Waals surface area contributed by atoms with Gasteiger partial charge in [0.2, 0.25) is 11.8 Å². The molecule has 1 saturated carbocycles. The summed E-state index contributed by atoms with van der Waals surface area (Å²) in [5, 5.41) is 3.74. The van der Waals surface area contributed by atoms with Crippen molar-refractivity contribution in [3.63, 3.8) is 0 Å². The fraction of sp³-hybridized carbons (Fsp3) is 0.412. The maximum Gasteiger partial charge on any atom is 0.264 e. The molecule has 0 bridgehead atoms. The summed E-state index contributed by atoms with van der Waals surface area (Å²) in [7, 11) is -4.12. The van der Waals surface area contributed by atoms with Crippen LogP contribution in [-0.2, 0) is 26.2 Å². The standard InChI is InChI=1S/C34H42ClN3O4S/c1-5-31(34(40)36-29-9-7-6-8-10-29)37(22-27-15-17-28(35)18-16-27)33(39)23-38(32-21-25(3)11-14-26(32)4)43(41,42)30-19-12-24(2)13-20-30/h11-21,29,31H,5-10,22-23H2,1-4H3,(H,36,40)/t31-/m0/s1. The lowest BCUT2D eigenvalue weighted by Gasteiger charge is -2.35. The topological polar surface area (TPSA) is 86.8 Å². The van der Waals surface area contributed by atoms with Gasteiger partial charge in [0.25, 0.3) is 10.0 Å². The highest BCUT2D eigenvalue weighted by atomic mass is 35.5. The molecule has 0 heterocycles. The van der Waals surface area contributed by atoms with Crippen molar-refractivity contribution in [3.05, 3.63) is 94.0 Å². The van der Waals surface area contributed by atoms with Gasteiger partial charge in [-0.15, -0.1) is 0 Å². The fourth-order valence-corrected chi connectivity index (χ4v) is 7.19. The number of anilines is 1. The summed E-state index contributed by atoms with van der Waals surface area (Å²) in [6.07, 6.45) is 5.51. The van der Waals surface area contributed by atoms with Gasteiger partial charge in [0.05, 0.1) is 10.6 Å². The van der Waals surface area contributed by atoms with E-state index in [4.69, 9.17) is 11.6 Å². The zero-order valence-corrected chi connectivity index (χ0v) is 27.0. The lowest BCUT2D eigenvalue weighted by atomic mass is 9.95. The van der Waals surface area contributed by atoms with Gasteiger partial charge in [-0.05, 0) is 87.1 Å². The summed E-state index contributed by atoms with van der Waals surface area (Å²) >= 11 is 6.12. The van der Waals surface area contributed by atoms with Crippen molar-refractivity contribution in [2.75, 3.05) is 10.8 Å². The second-order valence-corrected chi connectivity index (χ2v) is 13.8. The van der Waals surface area contributed by atoms with Crippen LogP contribution in [0.15, 0.2) is 71.6 Å². The number of carbonyl (C=O) groups excluding carboxylic acids is 2. The summed E-state index contributed by atoms with van der Waals surface area (Å²) in [6.45, 7) is 7.16. The maximum absolute atomic E-state index is 14.3. The highest BCUT2D eigenvalue weighted by molar-refractivity contribution is 7.92. The van der Waals surface area contributed by atoms with Crippen LogP contribution in [0.1, 0.15) is 67.7 Å². The van der Waals surface area contributed by atoms with Crippen LogP contribution in [0.5, 0.6) is 0 Å². The third kappa shape index (κ3) is 8.18. The van der Waals surface area contributed by atoms with E-state index in [0.717, 1.165) is 54.4 Å². The molecule has 7 nitrogen and oxygen atoms in total. The van der Waals surface area contributed by atoms with Gasteiger partial charge in [-0.1, -0.05) is 79.7 Å². The van der Waals surface area contributed by atoms with Gasteiger partial charge in [0.1, 0.15) is 12.6 Å². The molecule has 4 rings (SSSR count). The highest BCUT2D eigenvalue weighted by Crippen LogP contribution is 2.29. The van der Waals surface area contributed by atoms with Gasteiger partial charge in [-0.2, -0.15) is 0 Å². The Kier molecular flexibility index (Phi) is 10.9. The molecule has 0 aliphatic heterocycles. The molecule has 0 aromatic heterocycles. The zero-order valence-electron chi connectivity index (χ0n) is 25.5. The van der Waals surface area contributed by atoms with Crippen LogP contribution in [0.3, 0.4) is 0 Å². The van der Waals surface area contributed by atoms with Crippen molar-refractivity contribution in [3.8, 4) is 0 Å². The molecule has 0 spiro atoms. The van der Waals surface area contributed by atoms with Gasteiger partial charge < -0.3 is 10.2 Å². The summed E-state index contributed by atoms with van der Waals surface area (Å²) in [5.74, 6) is -0.673. The van der Waals surface area contributed by atoms with Gasteiger partial charge >= 0.3 is 0 Å². The Balaban J connectivity index is 1.73. The quantitative estimate of drug-likeness (QED) is 0.257. The van der Waals surface area contributed by atoms with E-state index in [2.05, 4.69) is 5.32 Å². The van der Waals surface area contributed by atoms with Gasteiger partial charge in [-0.3, -0.25) is 13.9 Å². The smallest absolute Gasteiger partial charge is 0.264 e. The van der Waals surface area contributed by atoms with E-state index in [1.807, 2.05) is 52.0 Å². The Hall–Kier alpha value is -3.36. The highest BCUT2D eigenvalue weighted by Gasteiger charge is 2.35. The minimum absolute atomic E-state index is 0.0798. The first-order chi connectivity index (χ1) is 20.5. The van der Waals surface area contributed by atoms with Crippen molar-refractivity contribution in [2.24, 2.45) is 0 Å². The molecule has 0 saturated heterocycles. The van der Waals surface area contributed by atoms with E-state index < -0.39 is 28.5 Å². The normalized spacial score (nSPS) is 14.6. The number of aryl methyl sites for hydroxylation is 3. The van der Waals surface area contributed by atoms with Gasteiger partial charge in [0, 0.05) is 17.6 Å². The van der Waals surface area contributed by atoms with E-state index in [1.165, 1.54) is 9.21 Å². The van der Waals surface area contributed by atoms with Crippen LogP contribution in [-0.4, -0.2) is 43.8 Å². The van der Waals surface area contributed by atoms with Crippen LogP contribution in [0, 0.1) is 20.8 Å². The number of halogens is 1. The molecular weight excluding hydrogens is 582 g/mol. The molecule has 43 heavy (non-hydrogen) atoms. The second kappa shape index (κ2) is 14.4. The predicted molar refractivity (Wildman–Crippen MR) is 173 cm³/mol. The Morgan fingerprint density at radius 3 is 2.16 bits per heavy atom. The molecule has 1 atom stereocenters. The molecule has 1 aliphatic rings. The van der Waals surface area contributed by atoms with Gasteiger partial charge in [-0.25, -0.2) is 8.42 Å². The van der Waals surface area contributed by atoms with E-state index in [0.29, 0.717) is 17.1 Å². The fourth-order valence-electron chi connectivity index (χ4n) is 5.59. The first-order valence-corrected chi connectivity index (χ1v) is 16.8. The molecular formula is C34H42ClN3O4S. The number of benzene rings is 3. The number of nitrogens with one attached hydrogen (secondary N) is 1. The summed E-state index contributed by atoms with van der Waals surface area (Å²) in [6, 6.07) is 18.6. The SMILES string of the molecule is CC[C@@H](C(=O)NC1CCCCC1)N(Cc1ccc(Cl)cc1)C(=O)CN(c1cc(C)ccc1C)S(=O)(=O)c1ccc(C)cc1. The van der Waals surface area contributed by atoms with Crippen molar-refractivity contribution in [2.45, 2.75) is 89.7 Å². The van der Waals surface area contributed by atoms with Crippen LogP contribution in [0.25, 0.3) is 0 Å². The minimum Gasteiger partial charge on any atom is -0.352 e. The third-order valence-electron chi connectivity index (χ3n) is 8.12. The number of rotatable bonds is 11. The lowest BCUT2D eigenvalue weighted by molar-refractivity contribution is -0.140. The van der Waals surface area contributed by atoms with E-state index >= 15 is 0 Å². The second-order valence-electron chi connectivity index (χ2n) is 11.5. The van der Waals surface area contributed by atoms with Crippen LogP contribution >= 0.6 is 11.6 Å². The van der Waals surface area contributed by atoms with Crippen molar-refractivity contribution in [1.82, 2.24) is 10.2 Å². The average Bonchev–Trinajstić information content (AvgIpc) is 2.98. The molecule has 1 fully saturated rings. The number of hydrogen-bond donors (Lipinski definition) is 1. The summed E-state index contributed by atoms with van der Waals surface area (Å²) < 4.78 is 29.5. The van der Waals surface area contributed by atoms with Crippen LogP contribution < -0.4 is 9.62 Å². The third-order valence-corrected chi connectivity index (χ3v) is 10.2. The molecule has 3 aromatic rings. The lowest BCUT2D eigenvalue weighted by Crippen LogP contribution is -2.54.